The minimum atomic E-state index is -0.624. The normalized spacial score (nSPS) is 11.3. The Bertz CT molecular complexity index is 1540. The van der Waals surface area contributed by atoms with Crippen LogP contribution in [-0.4, -0.2) is 37.1 Å². The Kier molecular flexibility index (Phi) is 9.23. The standard InChI is InChI=1S/C30H29FN4O4S/c1-18(2)33-17-24(29(36)34-20-7-5-19(31)6-8-20)30(37)35-21-9-11-22(12-10-21)40-28-13-14-32-25-16-27(39-4)26(38-3)15-23(25)28/h5-18,33H,1-4H3,(H,34,36)(H,35,37)/b24-17+. The predicted molar refractivity (Wildman–Crippen MR) is 155 cm³/mol. The number of fused-ring (bicyclic) bond motifs is 1. The van der Waals surface area contributed by atoms with Crippen LogP contribution in [0.25, 0.3) is 10.9 Å². The van der Waals surface area contributed by atoms with Gasteiger partial charge in [-0.05, 0) is 74.5 Å². The summed E-state index contributed by atoms with van der Waals surface area (Å²) in [5.74, 6) is -0.419. The molecule has 0 atom stereocenters. The first-order chi connectivity index (χ1) is 19.3. The summed E-state index contributed by atoms with van der Waals surface area (Å²) < 4.78 is 24.1. The molecule has 0 aliphatic carbocycles. The molecule has 2 amide bonds. The molecule has 4 rings (SSSR count). The summed E-state index contributed by atoms with van der Waals surface area (Å²) in [5.41, 5.74) is 1.55. The highest BCUT2D eigenvalue weighted by Crippen LogP contribution is 2.38. The smallest absolute Gasteiger partial charge is 0.262 e. The minimum absolute atomic E-state index is 0.00283. The molecule has 0 unspecified atom stereocenters. The van der Waals surface area contributed by atoms with Gasteiger partial charge in [-0.15, -0.1) is 0 Å². The van der Waals surface area contributed by atoms with E-state index in [-0.39, 0.29) is 11.6 Å². The molecule has 40 heavy (non-hydrogen) atoms. The fraction of sp³-hybridized carbons (Fsp3) is 0.167. The van der Waals surface area contributed by atoms with E-state index in [1.807, 2.05) is 44.2 Å². The highest BCUT2D eigenvalue weighted by atomic mass is 32.2. The SMILES string of the molecule is COc1cc2nccc(Sc3ccc(NC(=O)/C(=C/NC(C)C)C(=O)Nc4ccc(F)cc4)cc3)c2cc1OC. The first-order valence-corrected chi connectivity index (χ1v) is 13.2. The van der Waals surface area contributed by atoms with Crippen molar-refractivity contribution in [1.82, 2.24) is 10.3 Å². The Balaban J connectivity index is 1.49. The Labute approximate surface area is 236 Å². The number of ether oxygens (including phenoxy) is 2. The van der Waals surface area contributed by atoms with Crippen molar-refractivity contribution in [1.29, 1.82) is 0 Å². The summed E-state index contributed by atoms with van der Waals surface area (Å²) in [6.07, 6.45) is 3.11. The molecule has 3 N–H and O–H groups in total. The molecule has 0 radical (unpaired) electrons. The number of nitrogens with one attached hydrogen (secondary N) is 3. The Hall–Kier alpha value is -4.57. The van der Waals surface area contributed by atoms with E-state index in [1.165, 1.54) is 30.5 Å². The maximum Gasteiger partial charge on any atom is 0.262 e. The third kappa shape index (κ3) is 7.09. The number of hydrogen-bond acceptors (Lipinski definition) is 7. The topological polar surface area (TPSA) is 102 Å². The summed E-state index contributed by atoms with van der Waals surface area (Å²) in [7, 11) is 3.17. The van der Waals surface area contributed by atoms with Gasteiger partial charge >= 0.3 is 0 Å². The van der Waals surface area contributed by atoms with Crippen LogP contribution >= 0.6 is 11.8 Å². The van der Waals surface area contributed by atoms with Crippen LogP contribution < -0.4 is 25.4 Å². The zero-order valence-corrected chi connectivity index (χ0v) is 23.3. The highest BCUT2D eigenvalue weighted by Gasteiger charge is 2.19. The van der Waals surface area contributed by atoms with Gasteiger partial charge in [-0.3, -0.25) is 14.6 Å². The number of pyridine rings is 1. The second kappa shape index (κ2) is 13.0. The van der Waals surface area contributed by atoms with Crippen molar-refractivity contribution in [3.63, 3.8) is 0 Å². The van der Waals surface area contributed by atoms with Crippen LogP contribution in [0.4, 0.5) is 15.8 Å². The van der Waals surface area contributed by atoms with E-state index in [4.69, 9.17) is 9.47 Å². The molecule has 4 aromatic rings. The van der Waals surface area contributed by atoms with Crippen molar-refractivity contribution < 1.29 is 23.5 Å². The summed E-state index contributed by atoms with van der Waals surface area (Å²) in [6, 6.07) is 18.2. The van der Waals surface area contributed by atoms with Gasteiger partial charge in [0, 0.05) is 51.1 Å². The number of amides is 2. The predicted octanol–water partition coefficient (Wildman–Crippen LogP) is 6.00. The van der Waals surface area contributed by atoms with Gasteiger partial charge in [0.2, 0.25) is 0 Å². The van der Waals surface area contributed by atoms with E-state index >= 15 is 0 Å². The lowest BCUT2D eigenvalue weighted by molar-refractivity contribution is -0.118. The monoisotopic (exact) mass is 560 g/mol. The molecule has 0 saturated heterocycles. The number of halogens is 1. The van der Waals surface area contributed by atoms with E-state index in [2.05, 4.69) is 20.9 Å². The zero-order chi connectivity index (χ0) is 28.6. The second-order valence-corrected chi connectivity index (χ2v) is 10.1. The molecular formula is C30H29FN4O4S. The molecule has 10 heteroatoms. The number of hydrogen-bond donors (Lipinski definition) is 3. The third-order valence-electron chi connectivity index (χ3n) is 5.70. The van der Waals surface area contributed by atoms with Crippen LogP contribution in [0.3, 0.4) is 0 Å². The van der Waals surface area contributed by atoms with Crippen molar-refractivity contribution >= 4 is 45.9 Å². The maximum atomic E-state index is 13.2. The van der Waals surface area contributed by atoms with Gasteiger partial charge in [-0.2, -0.15) is 0 Å². The van der Waals surface area contributed by atoms with E-state index in [9.17, 15) is 14.0 Å². The number of carbonyl (C=O) groups is 2. The number of rotatable bonds is 10. The van der Waals surface area contributed by atoms with Gasteiger partial charge in [-0.25, -0.2) is 4.39 Å². The molecule has 1 aromatic heterocycles. The van der Waals surface area contributed by atoms with Crippen molar-refractivity contribution in [2.45, 2.75) is 29.7 Å². The number of aromatic nitrogens is 1. The highest BCUT2D eigenvalue weighted by molar-refractivity contribution is 7.99. The van der Waals surface area contributed by atoms with Gasteiger partial charge < -0.3 is 25.4 Å². The lowest BCUT2D eigenvalue weighted by atomic mass is 10.2. The lowest BCUT2D eigenvalue weighted by Crippen LogP contribution is -2.28. The van der Waals surface area contributed by atoms with Crippen LogP contribution in [0.5, 0.6) is 11.5 Å². The van der Waals surface area contributed by atoms with Crippen molar-refractivity contribution in [3.05, 3.63) is 90.5 Å². The van der Waals surface area contributed by atoms with Gasteiger partial charge in [0.25, 0.3) is 11.8 Å². The summed E-state index contributed by atoms with van der Waals surface area (Å²) in [5, 5.41) is 9.30. The summed E-state index contributed by atoms with van der Waals surface area (Å²) in [4.78, 5) is 32.3. The van der Waals surface area contributed by atoms with E-state index < -0.39 is 17.6 Å². The molecule has 0 aliphatic heterocycles. The first-order valence-electron chi connectivity index (χ1n) is 12.4. The quantitative estimate of drug-likeness (QED) is 0.124. The Morgan fingerprint density at radius 2 is 1.45 bits per heavy atom. The molecule has 3 aromatic carbocycles. The Morgan fingerprint density at radius 3 is 2.02 bits per heavy atom. The molecule has 0 bridgehead atoms. The zero-order valence-electron chi connectivity index (χ0n) is 22.4. The average molecular weight is 561 g/mol. The number of benzene rings is 3. The third-order valence-corrected chi connectivity index (χ3v) is 6.78. The molecule has 206 valence electrons. The summed E-state index contributed by atoms with van der Waals surface area (Å²) >= 11 is 1.54. The maximum absolute atomic E-state index is 13.2. The summed E-state index contributed by atoms with van der Waals surface area (Å²) in [6.45, 7) is 3.78. The molecule has 0 fully saturated rings. The van der Waals surface area contributed by atoms with Crippen LogP contribution in [0, 0.1) is 5.82 Å². The fourth-order valence-corrected chi connectivity index (χ4v) is 4.61. The van der Waals surface area contributed by atoms with E-state index in [0.717, 1.165) is 20.7 Å². The molecular weight excluding hydrogens is 531 g/mol. The number of carbonyl (C=O) groups excluding carboxylic acids is 2. The van der Waals surface area contributed by atoms with Crippen molar-refractivity contribution in [2.75, 3.05) is 24.9 Å². The van der Waals surface area contributed by atoms with Crippen LogP contribution in [0.2, 0.25) is 0 Å². The molecule has 8 nitrogen and oxygen atoms in total. The van der Waals surface area contributed by atoms with Crippen LogP contribution in [0.1, 0.15) is 13.8 Å². The van der Waals surface area contributed by atoms with Gasteiger partial charge in [0.1, 0.15) is 11.4 Å². The molecule has 1 heterocycles. The van der Waals surface area contributed by atoms with Crippen molar-refractivity contribution in [3.8, 4) is 11.5 Å². The van der Waals surface area contributed by atoms with E-state index in [1.54, 1.807) is 44.3 Å². The van der Waals surface area contributed by atoms with Gasteiger partial charge in [0.15, 0.2) is 11.5 Å². The fourth-order valence-electron chi connectivity index (χ4n) is 3.68. The van der Waals surface area contributed by atoms with Gasteiger partial charge in [0.05, 0.1) is 19.7 Å². The van der Waals surface area contributed by atoms with E-state index in [0.29, 0.717) is 22.9 Å². The second-order valence-electron chi connectivity index (χ2n) is 8.95. The van der Waals surface area contributed by atoms with Gasteiger partial charge in [-0.1, -0.05) is 11.8 Å². The lowest BCUT2D eigenvalue weighted by Gasteiger charge is -2.13. The number of nitrogens with zero attached hydrogens (tertiary/aromatic N) is 1. The molecule has 0 spiro atoms. The van der Waals surface area contributed by atoms with Crippen LogP contribution in [0.15, 0.2) is 94.5 Å². The van der Waals surface area contributed by atoms with Crippen LogP contribution in [-0.2, 0) is 9.59 Å². The van der Waals surface area contributed by atoms with Crippen molar-refractivity contribution in [2.24, 2.45) is 0 Å². The minimum Gasteiger partial charge on any atom is -0.493 e. The average Bonchev–Trinajstić information content (AvgIpc) is 2.94. The Morgan fingerprint density at radius 1 is 0.875 bits per heavy atom. The first kappa shape index (κ1) is 28.4. The number of methoxy groups -OCH3 is 2. The number of anilines is 2. The largest absolute Gasteiger partial charge is 0.493 e. The molecule has 0 aliphatic rings. The molecule has 0 saturated carbocycles.